The summed E-state index contributed by atoms with van der Waals surface area (Å²) in [6.45, 7) is 5.52. The van der Waals surface area contributed by atoms with Gasteiger partial charge in [0.05, 0.1) is 18.2 Å². The molecule has 3 rings (SSSR count). The summed E-state index contributed by atoms with van der Waals surface area (Å²) in [4.78, 5) is 14.7. The lowest BCUT2D eigenvalue weighted by Crippen LogP contribution is -2.53. The van der Waals surface area contributed by atoms with E-state index in [1.54, 1.807) is 0 Å². The Hall–Kier alpha value is -1.55. The zero-order valence-electron chi connectivity index (χ0n) is 14.2. The van der Waals surface area contributed by atoms with E-state index in [9.17, 15) is 4.79 Å². The molecule has 4 heteroatoms. The van der Waals surface area contributed by atoms with Crippen molar-refractivity contribution in [2.24, 2.45) is 5.92 Å². The van der Waals surface area contributed by atoms with Crippen molar-refractivity contribution < 1.29 is 9.53 Å². The summed E-state index contributed by atoms with van der Waals surface area (Å²) >= 11 is 0. The van der Waals surface area contributed by atoms with Gasteiger partial charge in [0.2, 0.25) is 0 Å². The average Bonchev–Trinajstić information content (AvgIpc) is 2.52. The highest BCUT2D eigenvalue weighted by Crippen LogP contribution is 2.37. The quantitative estimate of drug-likeness (QED) is 0.919. The van der Waals surface area contributed by atoms with Crippen LogP contribution in [-0.2, 0) is 4.74 Å². The summed E-state index contributed by atoms with van der Waals surface area (Å²) in [5, 5.41) is 3.30. The molecule has 1 N–H and O–H groups in total. The molecule has 1 heterocycles. The molecule has 0 radical (unpaired) electrons. The van der Waals surface area contributed by atoms with E-state index in [-0.39, 0.29) is 24.3 Å². The molecule has 4 nitrogen and oxygen atoms in total. The van der Waals surface area contributed by atoms with Gasteiger partial charge in [0.1, 0.15) is 0 Å². The Bertz CT molecular complexity index is 515. The van der Waals surface area contributed by atoms with E-state index in [1.807, 2.05) is 17.9 Å². The van der Waals surface area contributed by atoms with Crippen LogP contribution in [0.1, 0.15) is 51.1 Å². The minimum absolute atomic E-state index is 0.0550. The Morgan fingerprint density at radius 1 is 1.30 bits per heavy atom. The van der Waals surface area contributed by atoms with Gasteiger partial charge in [-0.25, -0.2) is 4.79 Å². The summed E-state index contributed by atoms with van der Waals surface area (Å²) < 4.78 is 5.86. The topological polar surface area (TPSA) is 41.6 Å². The molecule has 126 valence electrons. The third kappa shape index (κ3) is 3.86. The number of carbonyl (C=O) groups excluding carboxylic acids is 1. The zero-order valence-corrected chi connectivity index (χ0v) is 14.2. The van der Waals surface area contributed by atoms with Crippen LogP contribution in [0.15, 0.2) is 30.3 Å². The lowest BCUT2D eigenvalue weighted by Gasteiger charge is -2.39. The largest absolute Gasteiger partial charge is 0.372 e. The Balaban J connectivity index is 1.68. The normalized spacial score (nSPS) is 26.4. The molecule has 2 amide bonds. The van der Waals surface area contributed by atoms with Crippen LogP contribution in [0.2, 0.25) is 0 Å². The molecule has 1 aromatic rings. The van der Waals surface area contributed by atoms with Gasteiger partial charge in [-0.2, -0.15) is 0 Å². The Morgan fingerprint density at radius 2 is 2.04 bits per heavy atom. The molecule has 1 saturated carbocycles. The lowest BCUT2D eigenvalue weighted by atomic mass is 9.77. The average molecular weight is 316 g/mol. The highest BCUT2D eigenvalue weighted by atomic mass is 16.5. The van der Waals surface area contributed by atoms with E-state index in [1.165, 1.54) is 24.8 Å². The Kier molecular flexibility index (Phi) is 5.21. The summed E-state index contributed by atoms with van der Waals surface area (Å²) in [7, 11) is 0. The SMILES string of the molecule is CC[C@@H]1CN(C(=O)N[C@H](c2ccccc2)C2CCC2)C[C@H](C)O1. The highest BCUT2D eigenvalue weighted by Gasteiger charge is 2.33. The maximum absolute atomic E-state index is 12.8. The number of benzene rings is 1. The summed E-state index contributed by atoms with van der Waals surface area (Å²) in [5.74, 6) is 0.571. The maximum Gasteiger partial charge on any atom is 0.318 e. The molecule has 0 unspecified atom stereocenters. The summed E-state index contributed by atoms with van der Waals surface area (Å²) in [6, 6.07) is 10.6. The van der Waals surface area contributed by atoms with Crippen molar-refractivity contribution in [3.05, 3.63) is 35.9 Å². The molecular formula is C19H28N2O2. The van der Waals surface area contributed by atoms with Crippen molar-refractivity contribution >= 4 is 6.03 Å². The molecule has 1 aromatic carbocycles. The van der Waals surface area contributed by atoms with Gasteiger partial charge in [0.15, 0.2) is 0 Å². The van der Waals surface area contributed by atoms with Crippen LogP contribution in [0.4, 0.5) is 4.79 Å². The number of hydrogen-bond donors (Lipinski definition) is 1. The minimum Gasteiger partial charge on any atom is -0.372 e. The minimum atomic E-state index is 0.0550. The number of ether oxygens (including phenoxy) is 1. The third-order valence-electron chi connectivity index (χ3n) is 5.13. The second-order valence-electron chi connectivity index (χ2n) is 6.91. The van der Waals surface area contributed by atoms with Gasteiger partial charge >= 0.3 is 6.03 Å². The van der Waals surface area contributed by atoms with Gasteiger partial charge in [-0.05, 0) is 37.7 Å². The van der Waals surface area contributed by atoms with Crippen LogP contribution in [0.5, 0.6) is 0 Å². The molecule has 0 bridgehead atoms. The van der Waals surface area contributed by atoms with Crippen LogP contribution in [-0.4, -0.2) is 36.2 Å². The van der Waals surface area contributed by atoms with Crippen LogP contribution in [0.25, 0.3) is 0 Å². The van der Waals surface area contributed by atoms with E-state index in [4.69, 9.17) is 4.74 Å². The fourth-order valence-electron chi connectivity index (χ4n) is 3.57. The Labute approximate surface area is 139 Å². The molecular weight excluding hydrogens is 288 g/mol. The molecule has 0 aromatic heterocycles. The molecule has 2 fully saturated rings. The number of morpholine rings is 1. The second-order valence-corrected chi connectivity index (χ2v) is 6.91. The standard InChI is InChI=1S/C19H28N2O2/c1-3-17-13-21(12-14(2)23-17)19(22)20-18(16-10-7-11-16)15-8-5-4-6-9-15/h4-6,8-9,14,16-18H,3,7,10-13H2,1-2H3,(H,20,22)/t14-,17+,18+/m0/s1. The number of nitrogens with zero attached hydrogens (tertiary/aromatic N) is 1. The number of urea groups is 1. The van der Waals surface area contributed by atoms with Crippen molar-refractivity contribution in [1.29, 1.82) is 0 Å². The van der Waals surface area contributed by atoms with E-state index >= 15 is 0 Å². The fraction of sp³-hybridized carbons (Fsp3) is 0.632. The van der Waals surface area contributed by atoms with Crippen molar-refractivity contribution in [2.45, 2.75) is 57.8 Å². The van der Waals surface area contributed by atoms with Crippen LogP contribution >= 0.6 is 0 Å². The Morgan fingerprint density at radius 3 is 2.65 bits per heavy atom. The number of rotatable bonds is 4. The summed E-state index contributed by atoms with van der Waals surface area (Å²) in [5.41, 5.74) is 1.22. The van der Waals surface area contributed by atoms with Crippen molar-refractivity contribution in [1.82, 2.24) is 10.2 Å². The molecule has 0 spiro atoms. The first-order chi connectivity index (χ1) is 11.2. The highest BCUT2D eigenvalue weighted by molar-refractivity contribution is 5.75. The smallest absolute Gasteiger partial charge is 0.318 e. The zero-order chi connectivity index (χ0) is 16.2. The first kappa shape index (κ1) is 16.3. The van der Waals surface area contributed by atoms with Crippen LogP contribution in [0.3, 0.4) is 0 Å². The number of amides is 2. The maximum atomic E-state index is 12.8. The predicted molar refractivity (Wildman–Crippen MR) is 91.3 cm³/mol. The van der Waals surface area contributed by atoms with Crippen molar-refractivity contribution in [2.75, 3.05) is 13.1 Å². The van der Waals surface area contributed by atoms with Gasteiger partial charge in [0, 0.05) is 13.1 Å². The van der Waals surface area contributed by atoms with E-state index in [2.05, 4.69) is 36.5 Å². The molecule has 1 aliphatic carbocycles. The predicted octanol–water partition coefficient (Wildman–Crippen LogP) is 3.74. The van der Waals surface area contributed by atoms with Gasteiger partial charge in [-0.15, -0.1) is 0 Å². The first-order valence-electron chi connectivity index (χ1n) is 8.93. The van der Waals surface area contributed by atoms with Crippen LogP contribution < -0.4 is 5.32 Å². The number of carbonyl (C=O) groups is 1. The summed E-state index contributed by atoms with van der Waals surface area (Å²) in [6.07, 6.45) is 4.89. The molecule has 1 saturated heterocycles. The monoisotopic (exact) mass is 316 g/mol. The molecule has 23 heavy (non-hydrogen) atoms. The molecule has 1 aliphatic heterocycles. The third-order valence-corrected chi connectivity index (χ3v) is 5.13. The van der Waals surface area contributed by atoms with Gasteiger partial charge in [0.25, 0.3) is 0 Å². The van der Waals surface area contributed by atoms with E-state index in [0.29, 0.717) is 19.0 Å². The van der Waals surface area contributed by atoms with Crippen molar-refractivity contribution in [3.8, 4) is 0 Å². The fourth-order valence-corrected chi connectivity index (χ4v) is 3.57. The van der Waals surface area contributed by atoms with Gasteiger partial charge in [-0.1, -0.05) is 43.7 Å². The van der Waals surface area contributed by atoms with Crippen LogP contribution in [0, 0.1) is 5.92 Å². The molecule has 2 aliphatic rings. The first-order valence-corrected chi connectivity index (χ1v) is 8.93. The lowest BCUT2D eigenvalue weighted by molar-refractivity contribution is -0.0651. The number of hydrogen-bond acceptors (Lipinski definition) is 2. The number of nitrogens with one attached hydrogen (secondary N) is 1. The van der Waals surface area contributed by atoms with E-state index in [0.717, 1.165) is 6.42 Å². The van der Waals surface area contributed by atoms with E-state index < -0.39 is 0 Å². The van der Waals surface area contributed by atoms with Gasteiger partial charge < -0.3 is 15.0 Å². The molecule has 3 atom stereocenters. The second kappa shape index (κ2) is 7.35. The van der Waals surface area contributed by atoms with Gasteiger partial charge in [-0.3, -0.25) is 0 Å². The van der Waals surface area contributed by atoms with Crippen molar-refractivity contribution in [3.63, 3.8) is 0 Å².